The highest BCUT2D eigenvalue weighted by Gasteiger charge is 2.34. The number of guanidine groups is 1. The maximum atomic E-state index is 12.0. The molecule has 2 rings (SSSR count). The zero-order valence-electron chi connectivity index (χ0n) is 16.0. The second-order valence-electron chi connectivity index (χ2n) is 7.17. The number of nitrogens with zero attached hydrogens (tertiary/aromatic N) is 3. The predicted molar refractivity (Wildman–Crippen MR) is 95.5 cm³/mol. The Labute approximate surface area is 149 Å². The monoisotopic (exact) mass is 351 g/mol. The Morgan fingerprint density at radius 1 is 1.40 bits per heavy atom. The van der Waals surface area contributed by atoms with Crippen molar-refractivity contribution in [2.24, 2.45) is 4.99 Å². The van der Waals surface area contributed by atoms with Gasteiger partial charge in [0, 0.05) is 19.6 Å². The number of carbonyl (C=O) groups excluding carboxylic acids is 1. The average molecular weight is 351 g/mol. The summed E-state index contributed by atoms with van der Waals surface area (Å²) in [7, 11) is 0. The van der Waals surface area contributed by atoms with Crippen molar-refractivity contribution in [3.8, 4) is 0 Å². The van der Waals surface area contributed by atoms with Gasteiger partial charge in [0.05, 0.1) is 11.7 Å². The van der Waals surface area contributed by atoms with Crippen molar-refractivity contribution in [2.45, 2.75) is 59.7 Å². The summed E-state index contributed by atoms with van der Waals surface area (Å²) in [4.78, 5) is 22.4. The van der Waals surface area contributed by atoms with Crippen LogP contribution in [0.2, 0.25) is 0 Å². The van der Waals surface area contributed by atoms with Crippen LogP contribution in [0, 0.1) is 13.8 Å². The Balaban J connectivity index is 1.84. The van der Waals surface area contributed by atoms with E-state index in [2.05, 4.69) is 20.6 Å². The van der Waals surface area contributed by atoms with Crippen molar-refractivity contribution in [3.05, 3.63) is 17.3 Å². The van der Waals surface area contributed by atoms with E-state index in [1.165, 1.54) is 0 Å². The van der Waals surface area contributed by atoms with Crippen LogP contribution in [0.1, 0.15) is 45.0 Å². The molecule has 25 heavy (non-hydrogen) atoms. The summed E-state index contributed by atoms with van der Waals surface area (Å²) >= 11 is 0. The summed E-state index contributed by atoms with van der Waals surface area (Å²) < 4.78 is 10.9. The van der Waals surface area contributed by atoms with Gasteiger partial charge in [-0.2, -0.15) is 0 Å². The summed E-state index contributed by atoms with van der Waals surface area (Å²) in [6, 6.07) is 0.151. The van der Waals surface area contributed by atoms with Gasteiger partial charge in [-0.15, -0.1) is 0 Å². The van der Waals surface area contributed by atoms with Gasteiger partial charge in [0.2, 0.25) is 5.89 Å². The first kappa shape index (κ1) is 19.1. The third-order valence-electron chi connectivity index (χ3n) is 3.66. The molecule has 8 nitrogen and oxygen atoms in total. The number of rotatable bonds is 4. The number of hydrogen-bond donors (Lipinski definition) is 2. The number of carbonyl (C=O) groups is 1. The van der Waals surface area contributed by atoms with Gasteiger partial charge in [-0.3, -0.25) is 0 Å². The van der Waals surface area contributed by atoms with E-state index in [-0.39, 0.29) is 12.1 Å². The summed E-state index contributed by atoms with van der Waals surface area (Å²) in [5.41, 5.74) is 0.410. The molecule has 0 saturated carbocycles. The molecule has 8 heteroatoms. The van der Waals surface area contributed by atoms with Crippen LogP contribution in [0.4, 0.5) is 4.79 Å². The van der Waals surface area contributed by atoms with E-state index in [0.717, 1.165) is 18.0 Å². The SMILES string of the molecule is CCNC(=NCc1nc(C)c(C)o1)NC1CN(C(=O)OC(C)(C)C)C1. The molecule has 2 N–H and O–H groups in total. The van der Waals surface area contributed by atoms with Crippen LogP contribution >= 0.6 is 0 Å². The molecule has 0 unspecified atom stereocenters. The molecule has 1 aromatic rings. The van der Waals surface area contributed by atoms with Gasteiger partial charge < -0.3 is 24.7 Å². The van der Waals surface area contributed by atoms with Crippen molar-refractivity contribution in [1.29, 1.82) is 0 Å². The van der Waals surface area contributed by atoms with Crippen LogP contribution in [0.15, 0.2) is 9.41 Å². The van der Waals surface area contributed by atoms with E-state index in [1.807, 2.05) is 41.5 Å². The third kappa shape index (κ3) is 5.65. The van der Waals surface area contributed by atoms with Crippen molar-refractivity contribution in [3.63, 3.8) is 0 Å². The van der Waals surface area contributed by atoms with Crippen LogP contribution in [0.3, 0.4) is 0 Å². The molecule has 0 bridgehead atoms. The number of ether oxygens (including phenoxy) is 1. The molecule has 140 valence electrons. The molecule has 0 radical (unpaired) electrons. The highest BCUT2D eigenvalue weighted by Crippen LogP contribution is 2.15. The minimum atomic E-state index is -0.474. The van der Waals surface area contributed by atoms with E-state index in [4.69, 9.17) is 9.15 Å². The maximum Gasteiger partial charge on any atom is 0.410 e. The molecule has 1 aliphatic heterocycles. The quantitative estimate of drug-likeness (QED) is 0.636. The van der Waals surface area contributed by atoms with Gasteiger partial charge in [0.25, 0.3) is 0 Å². The van der Waals surface area contributed by atoms with Gasteiger partial charge >= 0.3 is 6.09 Å². The molecule has 0 spiro atoms. The Morgan fingerprint density at radius 2 is 2.08 bits per heavy atom. The number of aromatic nitrogens is 1. The second-order valence-corrected chi connectivity index (χ2v) is 7.17. The van der Waals surface area contributed by atoms with Crippen LogP contribution in [0.5, 0.6) is 0 Å². The first-order valence-corrected chi connectivity index (χ1v) is 8.63. The first-order chi connectivity index (χ1) is 11.7. The average Bonchev–Trinajstić information content (AvgIpc) is 2.76. The fourth-order valence-corrected chi connectivity index (χ4v) is 2.31. The van der Waals surface area contributed by atoms with Crippen LogP contribution in [-0.2, 0) is 11.3 Å². The number of amides is 1. The molecule has 1 aromatic heterocycles. The van der Waals surface area contributed by atoms with E-state index < -0.39 is 5.60 Å². The predicted octanol–water partition coefficient (Wildman–Crippen LogP) is 1.97. The normalized spacial score (nSPS) is 15.8. The standard InChI is InChI=1S/C17H29N5O3/c1-7-18-15(19-8-14-20-11(2)12(3)24-14)21-13-9-22(10-13)16(23)25-17(4,5)6/h13H,7-10H2,1-6H3,(H2,18,19,21). The number of oxazole rings is 1. The number of aliphatic imine (C=N–C) groups is 1. The highest BCUT2D eigenvalue weighted by molar-refractivity contribution is 5.80. The smallest absolute Gasteiger partial charge is 0.410 e. The lowest BCUT2D eigenvalue weighted by Crippen LogP contribution is -2.63. The number of aryl methyl sites for hydroxylation is 2. The van der Waals surface area contributed by atoms with Gasteiger partial charge in [-0.25, -0.2) is 14.8 Å². The minimum Gasteiger partial charge on any atom is -0.444 e. The fraction of sp³-hybridized carbons (Fsp3) is 0.706. The summed E-state index contributed by atoms with van der Waals surface area (Å²) in [6.07, 6.45) is -0.279. The first-order valence-electron chi connectivity index (χ1n) is 8.63. The molecule has 0 aromatic carbocycles. The third-order valence-corrected chi connectivity index (χ3v) is 3.66. The lowest BCUT2D eigenvalue weighted by atomic mass is 10.1. The Kier molecular flexibility index (Phi) is 5.92. The molecule has 1 fully saturated rings. The van der Waals surface area contributed by atoms with E-state index in [9.17, 15) is 4.79 Å². The largest absolute Gasteiger partial charge is 0.444 e. The molecular formula is C17H29N5O3. The second kappa shape index (κ2) is 7.76. The molecule has 0 atom stereocenters. The molecule has 0 aliphatic carbocycles. The zero-order chi connectivity index (χ0) is 18.6. The lowest BCUT2D eigenvalue weighted by Gasteiger charge is -2.40. The maximum absolute atomic E-state index is 12.0. The van der Waals surface area contributed by atoms with Gasteiger partial charge in [-0.1, -0.05) is 0 Å². The molecule has 2 heterocycles. The summed E-state index contributed by atoms with van der Waals surface area (Å²) in [5, 5.41) is 6.50. The number of likely N-dealkylation sites (tertiary alicyclic amines) is 1. The molecular weight excluding hydrogens is 322 g/mol. The van der Waals surface area contributed by atoms with E-state index >= 15 is 0 Å². The van der Waals surface area contributed by atoms with Crippen LogP contribution in [0.25, 0.3) is 0 Å². The van der Waals surface area contributed by atoms with Crippen LogP contribution < -0.4 is 10.6 Å². The Bertz CT molecular complexity index is 607. The van der Waals surface area contributed by atoms with E-state index in [1.54, 1.807) is 4.90 Å². The Morgan fingerprint density at radius 3 is 2.60 bits per heavy atom. The lowest BCUT2D eigenvalue weighted by molar-refractivity contribution is 0.00701. The molecule has 1 saturated heterocycles. The van der Waals surface area contributed by atoms with E-state index in [0.29, 0.717) is 31.5 Å². The Hall–Kier alpha value is -2.25. The van der Waals surface area contributed by atoms with Gasteiger partial charge in [-0.05, 0) is 41.5 Å². The molecule has 1 amide bonds. The van der Waals surface area contributed by atoms with Crippen molar-refractivity contribution in [2.75, 3.05) is 19.6 Å². The fourth-order valence-electron chi connectivity index (χ4n) is 2.31. The summed E-state index contributed by atoms with van der Waals surface area (Å²) in [5.74, 6) is 2.09. The number of hydrogen-bond acceptors (Lipinski definition) is 5. The van der Waals surface area contributed by atoms with Gasteiger partial charge in [0.1, 0.15) is 17.9 Å². The van der Waals surface area contributed by atoms with Crippen molar-refractivity contribution >= 4 is 12.1 Å². The zero-order valence-corrected chi connectivity index (χ0v) is 16.0. The number of nitrogens with one attached hydrogen (secondary N) is 2. The minimum absolute atomic E-state index is 0.151. The topological polar surface area (TPSA) is 92.0 Å². The summed E-state index contributed by atoms with van der Waals surface area (Å²) in [6.45, 7) is 13.7. The van der Waals surface area contributed by atoms with Crippen molar-refractivity contribution in [1.82, 2.24) is 20.5 Å². The van der Waals surface area contributed by atoms with Crippen molar-refractivity contribution < 1.29 is 13.9 Å². The van der Waals surface area contributed by atoms with Crippen LogP contribution in [-0.4, -0.2) is 53.2 Å². The highest BCUT2D eigenvalue weighted by atomic mass is 16.6. The van der Waals surface area contributed by atoms with Gasteiger partial charge in [0.15, 0.2) is 5.96 Å². The molecule has 1 aliphatic rings.